The summed E-state index contributed by atoms with van der Waals surface area (Å²) in [7, 11) is 0. The lowest BCUT2D eigenvalue weighted by Crippen LogP contribution is -2.27. The summed E-state index contributed by atoms with van der Waals surface area (Å²) in [5, 5.41) is 7.41. The quantitative estimate of drug-likeness (QED) is 0.830. The molecule has 0 aliphatic heterocycles. The van der Waals surface area contributed by atoms with E-state index in [1.165, 1.54) is 23.7 Å². The molecule has 0 saturated heterocycles. The van der Waals surface area contributed by atoms with Gasteiger partial charge >= 0.3 is 0 Å². The smallest absolute Gasteiger partial charge is 0.292 e. The summed E-state index contributed by atoms with van der Waals surface area (Å²) in [6, 6.07) is 0. The molecule has 1 aromatic heterocycles. The fourth-order valence-electron chi connectivity index (χ4n) is 1.94. The Morgan fingerprint density at radius 1 is 1.67 bits per heavy atom. The second-order valence-corrected chi connectivity index (χ2v) is 5.15. The van der Waals surface area contributed by atoms with Crippen LogP contribution in [0.1, 0.15) is 26.2 Å². The van der Waals surface area contributed by atoms with E-state index in [9.17, 15) is 4.79 Å². The molecule has 0 aromatic carbocycles. The van der Waals surface area contributed by atoms with Crippen molar-refractivity contribution in [2.24, 2.45) is 5.41 Å². The number of rotatable bonds is 5. The van der Waals surface area contributed by atoms with Crippen LogP contribution in [0.3, 0.4) is 0 Å². The molecule has 1 aliphatic rings. The molecule has 96 valence electrons. The lowest BCUT2D eigenvalue weighted by molar-refractivity contribution is 0.520. The highest BCUT2D eigenvalue weighted by molar-refractivity contribution is 6.32. The minimum absolute atomic E-state index is 0.156. The topological polar surface area (TPSA) is 46.9 Å². The van der Waals surface area contributed by atoms with Crippen LogP contribution in [0.2, 0.25) is 5.02 Å². The number of nitrogens with one attached hydrogen (secondary N) is 1. The first-order chi connectivity index (χ1) is 8.62. The molecule has 1 aromatic rings. The average Bonchev–Trinajstić information content (AvgIpc) is 3.13. The average molecular weight is 266 g/mol. The minimum atomic E-state index is -0.257. The molecule has 1 heterocycles. The number of aromatic nitrogens is 2. The Morgan fingerprint density at radius 3 is 2.94 bits per heavy atom. The summed E-state index contributed by atoms with van der Waals surface area (Å²) >= 11 is 6.00. The van der Waals surface area contributed by atoms with Gasteiger partial charge < -0.3 is 5.32 Å². The molecule has 5 heteroatoms. The Balaban J connectivity index is 2.19. The maximum absolute atomic E-state index is 12.1. The summed E-state index contributed by atoms with van der Waals surface area (Å²) in [4.78, 5) is 12.1. The van der Waals surface area contributed by atoms with Gasteiger partial charge in [0.1, 0.15) is 12.2 Å². The fraction of sp³-hybridized carbons (Fsp3) is 0.538. The first-order valence-electron chi connectivity index (χ1n) is 6.05. The highest BCUT2D eigenvalue weighted by Crippen LogP contribution is 2.48. The van der Waals surface area contributed by atoms with Gasteiger partial charge in [0.2, 0.25) is 0 Å². The predicted molar refractivity (Wildman–Crippen MR) is 72.8 cm³/mol. The first kappa shape index (κ1) is 13.0. The van der Waals surface area contributed by atoms with Gasteiger partial charge in [-0.05, 0) is 24.7 Å². The van der Waals surface area contributed by atoms with E-state index in [0.29, 0.717) is 16.1 Å². The van der Waals surface area contributed by atoms with E-state index in [1.807, 2.05) is 0 Å². The molecule has 0 radical (unpaired) electrons. The van der Waals surface area contributed by atoms with Gasteiger partial charge in [0.15, 0.2) is 0 Å². The van der Waals surface area contributed by atoms with Crippen molar-refractivity contribution in [3.05, 3.63) is 21.6 Å². The Hall–Kier alpha value is -1.47. The first-order valence-corrected chi connectivity index (χ1v) is 6.42. The molecule has 1 saturated carbocycles. The van der Waals surface area contributed by atoms with Crippen LogP contribution in [0, 0.1) is 17.8 Å². The van der Waals surface area contributed by atoms with E-state index >= 15 is 0 Å². The predicted octanol–water partition coefficient (Wildman–Crippen LogP) is 2.13. The van der Waals surface area contributed by atoms with Crippen LogP contribution in [0.15, 0.2) is 11.0 Å². The zero-order valence-corrected chi connectivity index (χ0v) is 11.1. The molecule has 0 unspecified atom stereocenters. The Kier molecular flexibility index (Phi) is 3.63. The number of nitrogens with zero attached hydrogens (tertiary/aromatic N) is 2. The molecule has 2 rings (SSSR count). The van der Waals surface area contributed by atoms with Crippen molar-refractivity contribution in [2.45, 2.75) is 32.7 Å². The molecular weight excluding hydrogens is 250 g/mol. The highest BCUT2D eigenvalue weighted by Gasteiger charge is 2.40. The van der Waals surface area contributed by atoms with E-state index in [2.05, 4.69) is 23.3 Å². The van der Waals surface area contributed by atoms with Gasteiger partial charge in [0, 0.05) is 6.54 Å². The van der Waals surface area contributed by atoms with Gasteiger partial charge in [-0.2, -0.15) is 5.10 Å². The number of anilines is 1. The second kappa shape index (κ2) is 5.03. The molecule has 4 nitrogen and oxygen atoms in total. The maximum Gasteiger partial charge on any atom is 0.292 e. The third-order valence-electron chi connectivity index (χ3n) is 3.59. The van der Waals surface area contributed by atoms with E-state index in [4.69, 9.17) is 18.0 Å². The molecular formula is C13H16ClN3O. The largest absolute Gasteiger partial charge is 0.379 e. The summed E-state index contributed by atoms with van der Waals surface area (Å²) in [5.41, 5.74) is 0.490. The van der Waals surface area contributed by atoms with Crippen LogP contribution in [0.4, 0.5) is 5.69 Å². The van der Waals surface area contributed by atoms with Crippen LogP contribution < -0.4 is 10.9 Å². The molecule has 1 aliphatic carbocycles. The van der Waals surface area contributed by atoms with Crippen molar-refractivity contribution in [3.8, 4) is 12.3 Å². The van der Waals surface area contributed by atoms with Crippen LogP contribution in [0.5, 0.6) is 0 Å². The molecule has 0 bridgehead atoms. The Labute approximate surface area is 111 Å². The van der Waals surface area contributed by atoms with Crippen molar-refractivity contribution in [1.82, 2.24) is 9.78 Å². The van der Waals surface area contributed by atoms with Gasteiger partial charge in [-0.15, -0.1) is 6.42 Å². The van der Waals surface area contributed by atoms with E-state index in [-0.39, 0.29) is 12.1 Å². The van der Waals surface area contributed by atoms with E-state index < -0.39 is 0 Å². The molecule has 18 heavy (non-hydrogen) atoms. The summed E-state index contributed by atoms with van der Waals surface area (Å²) in [5.74, 6) is 2.40. The van der Waals surface area contributed by atoms with Crippen molar-refractivity contribution in [2.75, 3.05) is 11.9 Å². The lowest BCUT2D eigenvalue weighted by atomic mass is 10.0. The highest BCUT2D eigenvalue weighted by atomic mass is 35.5. The molecule has 1 N–H and O–H groups in total. The van der Waals surface area contributed by atoms with Crippen LogP contribution in [0.25, 0.3) is 0 Å². The molecule has 0 atom stereocenters. The molecule has 0 spiro atoms. The molecule has 1 fully saturated rings. The fourth-order valence-corrected chi connectivity index (χ4v) is 2.13. The Bertz CT molecular complexity index is 540. The molecule has 0 amide bonds. The number of hydrogen-bond donors (Lipinski definition) is 1. The van der Waals surface area contributed by atoms with Gasteiger partial charge in [-0.1, -0.05) is 24.4 Å². The SMILES string of the molecule is C#CCn1ncc(Cl)c(NCC2(CC)CC2)c1=O. The van der Waals surface area contributed by atoms with Gasteiger partial charge in [0.25, 0.3) is 5.56 Å². The number of terminal acetylenes is 1. The van der Waals surface area contributed by atoms with Crippen LogP contribution in [-0.4, -0.2) is 16.3 Å². The Morgan fingerprint density at radius 2 is 2.39 bits per heavy atom. The zero-order chi connectivity index (χ0) is 13.2. The van der Waals surface area contributed by atoms with Crippen LogP contribution in [-0.2, 0) is 6.54 Å². The van der Waals surface area contributed by atoms with Crippen molar-refractivity contribution >= 4 is 17.3 Å². The van der Waals surface area contributed by atoms with Gasteiger partial charge in [-0.3, -0.25) is 4.79 Å². The maximum atomic E-state index is 12.1. The van der Waals surface area contributed by atoms with E-state index in [1.54, 1.807) is 0 Å². The third-order valence-corrected chi connectivity index (χ3v) is 3.87. The second-order valence-electron chi connectivity index (χ2n) is 4.74. The summed E-state index contributed by atoms with van der Waals surface area (Å²) < 4.78 is 1.24. The normalized spacial score (nSPS) is 16.1. The number of halogens is 1. The number of hydrogen-bond acceptors (Lipinski definition) is 3. The van der Waals surface area contributed by atoms with Crippen LogP contribution >= 0.6 is 11.6 Å². The summed E-state index contributed by atoms with van der Waals surface area (Å²) in [6.45, 7) is 3.10. The van der Waals surface area contributed by atoms with Crippen molar-refractivity contribution in [3.63, 3.8) is 0 Å². The monoisotopic (exact) mass is 265 g/mol. The standard InChI is InChI=1S/C13H16ClN3O/c1-3-7-17-12(18)11(10(14)8-16-17)15-9-13(4-2)5-6-13/h1,8,15H,4-7,9H2,2H3. The minimum Gasteiger partial charge on any atom is -0.379 e. The van der Waals surface area contributed by atoms with E-state index in [0.717, 1.165) is 13.0 Å². The summed E-state index contributed by atoms with van der Waals surface area (Å²) in [6.07, 6.45) is 10.2. The van der Waals surface area contributed by atoms with Crippen molar-refractivity contribution in [1.29, 1.82) is 0 Å². The lowest BCUT2D eigenvalue weighted by Gasteiger charge is -2.15. The zero-order valence-electron chi connectivity index (χ0n) is 10.4. The third kappa shape index (κ3) is 2.51. The van der Waals surface area contributed by atoms with Gasteiger partial charge in [0.05, 0.1) is 11.2 Å². The van der Waals surface area contributed by atoms with Gasteiger partial charge in [-0.25, -0.2) is 4.68 Å². The van der Waals surface area contributed by atoms with Crippen molar-refractivity contribution < 1.29 is 0 Å².